The maximum absolute atomic E-state index is 4.36. The van der Waals surface area contributed by atoms with Crippen molar-refractivity contribution in [2.24, 2.45) is 4.90 Å². The van der Waals surface area contributed by atoms with Crippen molar-refractivity contribution in [1.82, 2.24) is 0 Å². The number of halogens is 2. The van der Waals surface area contributed by atoms with Gasteiger partial charge in [-0.05, 0) is 0 Å². The van der Waals surface area contributed by atoms with Gasteiger partial charge in [0.2, 0.25) is 0 Å². The van der Waals surface area contributed by atoms with Gasteiger partial charge in [0.1, 0.15) is 0 Å². The first-order valence-corrected chi connectivity index (χ1v) is 8.30. The van der Waals surface area contributed by atoms with E-state index in [0.717, 1.165) is 13.7 Å². The summed E-state index contributed by atoms with van der Waals surface area (Å²) >= 11 is -0.375. The number of benzene rings is 1. The Kier molecular flexibility index (Phi) is 6.34. The second kappa shape index (κ2) is 7.02. The number of hydrogen-bond donors (Lipinski definition) is 0. The van der Waals surface area contributed by atoms with Crippen LogP contribution in [0, 0.1) is 0 Å². The van der Waals surface area contributed by atoms with Gasteiger partial charge in [0.15, 0.2) is 0 Å². The second-order valence-electron chi connectivity index (χ2n) is 4.08. The third-order valence-electron chi connectivity index (χ3n) is 3.05. The van der Waals surface area contributed by atoms with Crippen LogP contribution in [0.15, 0.2) is 35.2 Å². The minimum absolute atomic E-state index is 0. The Labute approximate surface area is 127 Å². The largest absolute Gasteiger partial charge is 1.00 e. The fraction of sp³-hybridized carbons (Fsp3) is 0.333. The van der Waals surface area contributed by atoms with Gasteiger partial charge in [-0.25, -0.2) is 0 Å². The fourth-order valence-corrected chi connectivity index (χ4v) is 6.17. The molecule has 0 spiro atoms. The molecule has 3 rings (SSSR count). The number of rotatable bonds is 2. The zero-order valence-electron chi connectivity index (χ0n) is 9.31. The molecule has 1 aliphatic carbocycles. The standard InChI is InChI=1S/C9H7.C3H5BN.2ClH.Zr/c1-2-5-9-7-3-6-8(9)4-1;1-2-4-5-3-1;;;/h1-7H;2H,1,3H2;2*1H;/q;;;;+2/p-2. The summed E-state index contributed by atoms with van der Waals surface area (Å²) in [6, 6.07) is 8.83. The summed E-state index contributed by atoms with van der Waals surface area (Å²) in [6.07, 6.45) is 6.04. The monoisotopic (exact) mass is 341 g/mol. The van der Waals surface area contributed by atoms with E-state index in [9.17, 15) is 0 Å². The molecule has 17 heavy (non-hydrogen) atoms. The van der Waals surface area contributed by atoms with Crippen LogP contribution in [0.3, 0.4) is 0 Å². The summed E-state index contributed by atoms with van der Waals surface area (Å²) in [5, 5.41) is 0. The SMILES string of the molecule is B1=NCC[CH]1[Zr+2][CH]1C=Cc2ccccc21.[Cl-].[Cl-]. The quantitative estimate of drug-likeness (QED) is 0.504. The minimum Gasteiger partial charge on any atom is -1.00 e. The van der Waals surface area contributed by atoms with E-state index >= 15 is 0 Å². The summed E-state index contributed by atoms with van der Waals surface area (Å²) in [6.45, 7) is 1.07. The summed E-state index contributed by atoms with van der Waals surface area (Å²) in [4.78, 5) is 4.36. The van der Waals surface area contributed by atoms with E-state index < -0.39 is 0 Å². The molecule has 1 nitrogen and oxygen atoms in total. The maximum atomic E-state index is 4.36. The Hall–Kier alpha value is 0.288. The number of allylic oxidation sites excluding steroid dienone is 1. The zero-order chi connectivity index (χ0) is 10.1. The van der Waals surface area contributed by atoms with Gasteiger partial charge in [-0.3, -0.25) is 0 Å². The van der Waals surface area contributed by atoms with Gasteiger partial charge in [0.05, 0.1) is 0 Å². The van der Waals surface area contributed by atoms with Crippen LogP contribution in [-0.4, -0.2) is 13.6 Å². The predicted octanol–water partition coefficient (Wildman–Crippen LogP) is -3.12. The molecule has 2 atom stereocenters. The van der Waals surface area contributed by atoms with Crippen LogP contribution in [0.5, 0.6) is 0 Å². The smallest absolute Gasteiger partial charge is 1.00 e. The molecular weight excluding hydrogens is 331 g/mol. The third-order valence-corrected chi connectivity index (χ3v) is 7.30. The van der Waals surface area contributed by atoms with Crippen molar-refractivity contribution in [3.8, 4) is 0 Å². The van der Waals surface area contributed by atoms with Crippen molar-refractivity contribution in [2.45, 2.75) is 13.6 Å². The Morgan fingerprint density at radius 3 is 2.82 bits per heavy atom. The molecule has 0 N–H and O–H groups in total. The third kappa shape index (κ3) is 3.40. The van der Waals surface area contributed by atoms with E-state index in [0.29, 0.717) is 0 Å². The number of fused-ring (bicyclic) bond motifs is 1. The van der Waals surface area contributed by atoms with Crippen molar-refractivity contribution in [2.75, 3.05) is 6.54 Å². The van der Waals surface area contributed by atoms with Crippen LogP contribution in [0.1, 0.15) is 21.2 Å². The molecule has 0 bridgehead atoms. The van der Waals surface area contributed by atoms with Gasteiger partial charge in [-0.1, -0.05) is 0 Å². The number of nitrogens with zero attached hydrogens (tertiary/aromatic N) is 1. The van der Waals surface area contributed by atoms with Gasteiger partial charge in [0.25, 0.3) is 0 Å². The van der Waals surface area contributed by atoms with Crippen molar-refractivity contribution >= 4 is 13.1 Å². The van der Waals surface area contributed by atoms with E-state index in [4.69, 9.17) is 0 Å². The summed E-state index contributed by atoms with van der Waals surface area (Å²) in [5.41, 5.74) is 3.02. The van der Waals surface area contributed by atoms with Gasteiger partial charge >= 0.3 is 103 Å². The molecule has 2 aliphatic rings. The molecule has 86 valence electrons. The van der Waals surface area contributed by atoms with Crippen LogP contribution in [-0.2, 0) is 23.2 Å². The van der Waals surface area contributed by atoms with Gasteiger partial charge < -0.3 is 24.8 Å². The molecule has 0 amide bonds. The van der Waals surface area contributed by atoms with Crippen LogP contribution in [0.2, 0.25) is 3.53 Å². The molecule has 0 aromatic heterocycles. The van der Waals surface area contributed by atoms with Gasteiger partial charge in [0, 0.05) is 0 Å². The van der Waals surface area contributed by atoms with E-state index in [1.807, 2.05) is 0 Å². The second-order valence-corrected chi connectivity index (χ2v) is 8.25. The fourth-order valence-electron chi connectivity index (χ4n) is 2.24. The first-order chi connectivity index (χ1) is 7.43. The molecule has 1 aromatic carbocycles. The predicted molar refractivity (Wildman–Crippen MR) is 59.6 cm³/mol. The first-order valence-electron chi connectivity index (χ1n) is 5.46. The van der Waals surface area contributed by atoms with Crippen molar-refractivity contribution in [3.63, 3.8) is 0 Å². The van der Waals surface area contributed by atoms with Crippen molar-refractivity contribution < 1.29 is 48.0 Å². The van der Waals surface area contributed by atoms with Gasteiger partial charge in [-0.15, -0.1) is 0 Å². The molecule has 2 unspecified atom stereocenters. The molecule has 0 saturated heterocycles. The normalized spacial score (nSPS) is 23.1. The average molecular weight is 343 g/mol. The Morgan fingerprint density at radius 1 is 1.24 bits per heavy atom. The van der Waals surface area contributed by atoms with E-state index in [1.54, 1.807) is 5.56 Å². The van der Waals surface area contributed by atoms with Crippen molar-refractivity contribution in [3.05, 3.63) is 41.5 Å². The molecule has 0 fully saturated rings. The molecule has 0 saturated carbocycles. The molecular formula is C12H12BCl2NZr. The maximum Gasteiger partial charge on any atom is -1.00 e. The van der Waals surface area contributed by atoms with Crippen LogP contribution in [0.25, 0.3) is 6.08 Å². The van der Waals surface area contributed by atoms with E-state index in [2.05, 4.69) is 48.4 Å². The first kappa shape index (κ1) is 15.3. The molecule has 1 aliphatic heterocycles. The van der Waals surface area contributed by atoms with Crippen LogP contribution < -0.4 is 24.8 Å². The van der Waals surface area contributed by atoms with E-state index in [1.165, 1.54) is 12.0 Å². The average Bonchev–Trinajstić information content (AvgIpc) is 2.89. The Balaban J connectivity index is 0.000000722. The minimum atomic E-state index is -0.375. The van der Waals surface area contributed by atoms with Gasteiger partial charge in [-0.2, -0.15) is 0 Å². The summed E-state index contributed by atoms with van der Waals surface area (Å²) in [5.74, 6) is 0. The molecule has 1 heterocycles. The number of hydrogen-bond acceptors (Lipinski definition) is 1. The van der Waals surface area contributed by atoms with Crippen molar-refractivity contribution in [1.29, 1.82) is 0 Å². The Morgan fingerprint density at radius 2 is 2.06 bits per heavy atom. The van der Waals surface area contributed by atoms with Crippen LogP contribution in [0.4, 0.5) is 0 Å². The zero-order valence-corrected chi connectivity index (χ0v) is 13.3. The Bertz CT molecular complexity index is 436. The summed E-state index contributed by atoms with van der Waals surface area (Å²) < 4.78 is 1.66. The molecule has 0 radical (unpaired) electrons. The topological polar surface area (TPSA) is 12.4 Å². The summed E-state index contributed by atoms with van der Waals surface area (Å²) in [7, 11) is 2.22. The molecule has 5 heteroatoms. The molecule has 1 aromatic rings. The van der Waals surface area contributed by atoms with E-state index in [-0.39, 0.29) is 48.0 Å². The van der Waals surface area contributed by atoms with Crippen LogP contribution >= 0.6 is 0 Å².